The molecule has 0 N–H and O–H groups in total. The monoisotopic (exact) mass is 1170 g/mol. The van der Waals surface area contributed by atoms with Gasteiger partial charge in [-0.2, -0.15) is 0 Å². The number of para-hydroxylation sites is 4. The number of aromatic nitrogens is 3. The van der Waals surface area contributed by atoms with E-state index < -0.39 is 0 Å². The molecule has 3 nitrogen and oxygen atoms in total. The predicted octanol–water partition coefficient (Wildman–Crippen LogP) is 19.7. The molecular formula is C73H60IrN3-. The maximum Gasteiger partial charge on any atom is 0.0541 e. The molecule has 10 aromatic carbocycles. The summed E-state index contributed by atoms with van der Waals surface area (Å²) < 4.78 is 4.72. The van der Waals surface area contributed by atoms with E-state index in [-0.39, 0.29) is 30.9 Å². The van der Waals surface area contributed by atoms with Gasteiger partial charge in [0.2, 0.25) is 0 Å². The second kappa shape index (κ2) is 21.0. The first kappa shape index (κ1) is 50.7. The first-order chi connectivity index (χ1) is 36.9. The first-order valence-corrected chi connectivity index (χ1v) is 26.4. The van der Waals surface area contributed by atoms with Crippen molar-refractivity contribution in [1.82, 2.24) is 14.1 Å². The summed E-state index contributed by atoms with van der Waals surface area (Å²) in [5.41, 5.74) is 21.8. The normalized spacial score (nSPS) is 11.7. The molecule has 3 heterocycles. The van der Waals surface area contributed by atoms with E-state index in [2.05, 4.69) is 286 Å². The van der Waals surface area contributed by atoms with Gasteiger partial charge in [0.25, 0.3) is 0 Å². The second-order valence-corrected chi connectivity index (χ2v) is 22.0. The Hall–Kier alpha value is -8.40. The molecule has 0 saturated carbocycles. The molecule has 377 valence electrons. The summed E-state index contributed by atoms with van der Waals surface area (Å²) in [6.07, 6.45) is 1.83. The van der Waals surface area contributed by atoms with Gasteiger partial charge in [-0.05, 0) is 139 Å². The number of hydrogen-bond acceptors (Lipinski definition) is 1. The number of hydrogen-bond donors (Lipinski definition) is 0. The topological polar surface area (TPSA) is 22.8 Å². The molecule has 0 atom stereocenters. The summed E-state index contributed by atoms with van der Waals surface area (Å²) in [4.78, 5) is 4.54. The number of rotatable bonds is 7. The molecule has 13 rings (SSSR count). The average Bonchev–Trinajstić information content (AvgIpc) is 3.99. The van der Waals surface area contributed by atoms with E-state index >= 15 is 0 Å². The molecule has 4 heteroatoms. The molecule has 0 bridgehead atoms. The van der Waals surface area contributed by atoms with Gasteiger partial charge in [-0.1, -0.05) is 199 Å². The van der Waals surface area contributed by atoms with Crippen molar-refractivity contribution >= 4 is 43.6 Å². The van der Waals surface area contributed by atoms with Gasteiger partial charge in [0.05, 0.1) is 22.1 Å². The summed E-state index contributed by atoms with van der Waals surface area (Å²) in [6.45, 7) is 13.5. The molecule has 0 unspecified atom stereocenters. The molecule has 0 amide bonds. The van der Waals surface area contributed by atoms with Crippen LogP contribution in [0.5, 0.6) is 0 Å². The van der Waals surface area contributed by atoms with Crippen LogP contribution in [0.4, 0.5) is 0 Å². The van der Waals surface area contributed by atoms with Gasteiger partial charge in [0.15, 0.2) is 0 Å². The van der Waals surface area contributed by atoms with Crippen LogP contribution in [0.1, 0.15) is 52.7 Å². The molecule has 0 aliphatic rings. The molecule has 13 aromatic rings. The van der Waals surface area contributed by atoms with Crippen molar-refractivity contribution in [3.8, 4) is 67.1 Å². The SMILES string of the molecule is CC(C)(C)c1ccc(-c2cc(-c3ccc(C(C)(C)C)cc3)cc(-c3cc[c-]c(-c4ccccn4)c3)c2)cc1.[Ir].c1ccc2c(c1)c1ccccc1n2-c1ccc(-c2ccc(-n3c4ccccc4c4ccccc43)cc2)cc1. The summed E-state index contributed by atoms with van der Waals surface area (Å²) in [5.74, 6) is 0. The summed E-state index contributed by atoms with van der Waals surface area (Å²) in [5, 5.41) is 5.14. The van der Waals surface area contributed by atoms with E-state index in [0.29, 0.717) is 0 Å². The Balaban J connectivity index is 0.000000162. The van der Waals surface area contributed by atoms with Gasteiger partial charge in [0, 0.05) is 59.2 Å². The predicted molar refractivity (Wildman–Crippen MR) is 323 cm³/mol. The summed E-state index contributed by atoms with van der Waals surface area (Å²) in [6, 6.07) is 93.1. The Bertz CT molecular complexity index is 3850. The molecule has 3 aromatic heterocycles. The first-order valence-electron chi connectivity index (χ1n) is 26.4. The Kier molecular flexibility index (Phi) is 13.8. The number of fused-ring (bicyclic) bond motifs is 6. The van der Waals surface area contributed by atoms with Gasteiger partial charge in [0.1, 0.15) is 0 Å². The fourth-order valence-corrected chi connectivity index (χ4v) is 10.8. The third-order valence-electron chi connectivity index (χ3n) is 14.9. The number of benzene rings is 10. The minimum Gasteiger partial charge on any atom is -0.309 e. The van der Waals surface area contributed by atoms with Crippen LogP contribution in [0.3, 0.4) is 0 Å². The molecule has 0 fully saturated rings. The van der Waals surface area contributed by atoms with E-state index in [9.17, 15) is 0 Å². The van der Waals surface area contributed by atoms with Crippen molar-refractivity contribution in [3.63, 3.8) is 0 Å². The van der Waals surface area contributed by atoms with Crippen LogP contribution >= 0.6 is 0 Å². The van der Waals surface area contributed by atoms with Crippen LogP contribution in [-0.2, 0) is 30.9 Å². The van der Waals surface area contributed by atoms with Gasteiger partial charge >= 0.3 is 0 Å². The molecule has 0 aliphatic heterocycles. The van der Waals surface area contributed by atoms with Crippen molar-refractivity contribution < 1.29 is 20.1 Å². The van der Waals surface area contributed by atoms with Crippen LogP contribution in [0.25, 0.3) is 111 Å². The minimum atomic E-state index is 0. The fraction of sp³-hybridized carbons (Fsp3) is 0.110. The van der Waals surface area contributed by atoms with Crippen molar-refractivity contribution in [2.24, 2.45) is 0 Å². The van der Waals surface area contributed by atoms with Gasteiger partial charge < -0.3 is 14.1 Å². The quantitative estimate of drug-likeness (QED) is 0.146. The maximum absolute atomic E-state index is 4.54. The van der Waals surface area contributed by atoms with Gasteiger partial charge in [-0.15, -0.1) is 35.4 Å². The minimum absolute atomic E-state index is 0. The zero-order chi connectivity index (χ0) is 52.0. The van der Waals surface area contributed by atoms with E-state index in [4.69, 9.17) is 0 Å². The smallest absolute Gasteiger partial charge is 0.0541 e. The van der Waals surface area contributed by atoms with E-state index in [0.717, 1.165) is 16.8 Å². The molecule has 1 radical (unpaired) electrons. The van der Waals surface area contributed by atoms with Crippen LogP contribution in [-0.4, -0.2) is 14.1 Å². The van der Waals surface area contributed by atoms with Crippen molar-refractivity contribution in [2.45, 2.75) is 52.4 Å². The van der Waals surface area contributed by atoms with E-state index in [1.54, 1.807) is 0 Å². The molecule has 0 spiro atoms. The third kappa shape index (κ3) is 10.1. The Morgan fingerprint density at radius 1 is 0.325 bits per heavy atom. The number of pyridine rings is 1. The zero-order valence-corrected chi connectivity index (χ0v) is 46.8. The fourth-order valence-electron chi connectivity index (χ4n) is 10.8. The second-order valence-electron chi connectivity index (χ2n) is 22.0. The average molecular weight is 1170 g/mol. The van der Waals surface area contributed by atoms with Crippen molar-refractivity contribution in [2.75, 3.05) is 0 Å². The van der Waals surface area contributed by atoms with Crippen LogP contribution in [0.15, 0.2) is 255 Å². The van der Waals surface area contributed by atoms with E-state index in [1.165, 1.54) is 105 Å². The molecular weight excluding hydrogens is 1110 g/mol. The summed E-state index contributed by atoms with van der Waals surface area (Å²) in [7, 11) is 0. The third-order valence-corrected chi connectivity index (χ3v) is 14.9. The Labute approximate surface area is 466 Å². The van der Waals surface area contributed by atoms with Crippen molar-refractivity contribution in [3.05, 3.63) is 272 Å². The number of nitrogens with zero attached hydrogens (tertiary/aromatic N) is 3. The van der Waals surface area contributed by atoms with Crippen molar-refractivity contribution in [1.29, 1.82) is 0 Å². The van der Waals surface area contributed by atoms with Gasteiger partial charge in [-0.25, -0.2) is 0 Å². The van der Waals surface area contributed by atoms with E-state index in [1.807, 2.05) is 30.5 Å². The maximum atomic E-state index is 4.54. The summed E-state index contributed by atoms with van der Waals surface area (Å²) >= 11 is 0. The largest absolute Gasteiger partial charge is 0.309 e. The standard InChI is InChI=1S/C37H36N.C36H24N2.Ir/c1-36(2,3)33-17-13-26(14-18-33)30-23-31(27-15-19-34(20-16-27)37(4,5)6)25-32(24-30)28-10-9-11-29(22-28)35-12-7-8-21-38-35;1-5-13-33-29(9-1)30-10-2-6-14-34(30)37(33)27-21-17-25(18-22-27)26-19-23-28(24-20-26)38-35-15-7-3-11-31(35)32-12-4-8-16-36(32)38;/h7-10,12-25H,1-6H3;1-24H;/q-1;;. The van der Waals surface area contributed by atoms with Gasteiger partial charge in [-0.3, -0.25) is 0 Å². The Morgan fingerprint density at radius 3 is 1.03 bits per heavy atom. The Morgan fingerprint density at radius 2 is 0.662 bits per heavy atom. The molecule has 77 heavy (non-hydrogen) atoms. The molecule has 0 aliphatic carbocycles. The van der Waals surface area contributed by atoms with Crippen LogP contribution < -0.4 is 0 Å². The molecule has 0 saturated heterocycles. The van der Waals surface area contributed by atoms with Crippen LogP contribution in [0.2, 0.25) is 0 Å². The van der Waals surface area contributed by atoms with Crippen LogP contribution in [0, 0.1) is 6.07 Å². The zero-order valence-electron chi connectivity index (χ0n) is 44.4.